The van der Waals surface area contributed by atoms with Gasteiger partial charge in [-0.3, -0.25) is 4.79 Å². The van der Waals surface area contributed by atoms with E-state index in [1.54, 1.807) is 18.3 Å². The molecule has 0 aromatic carbocycles. The molecular formula is C15H16N2O3S. The molecule has 1 unspecified atom stereocenters. The normalized spacial score (nSPS) is 11.9. The van der Waals surface area contributed by atoms with Gasteiger partial charge >= 0.3 is 5.97 Å². The molecule has 1 atom stereocenters. The van der Waals surface area contributed by atoms with E-state index in [2.05, 4.69) is 10.3 Å². The maximum atomic E-state index is 12.1. The first kappa shape index (κ1) is 15.2. The van der Waals surface area contributed by atoms with Crippen LogP contribution >= 0.6 is 11.3 Å². The average molecular weight is 304 g/mol. The van der Waals surface area contributed by atoms with Crippen molar-refractivity contribution in [2.75, 3.05) is 0 Å². The minimum atomic E-state index is -1.04. The predicted molar refractivity (Wildman–Crippen MR) is 80.9 cm³/mol. The number of thiophene rings is 1. The lowest BCUT2D eigenvalue weighted by molar-refractivity contribution is 0.0694. The van der Waals surface area contributed by atoms with Crippen LogP contribution in [0.1, 0.15) is 39.0 Å². The Bertz CT molecular complexity index is 653. The van der Waals surface area contributed by atoms with Gasteiger partial charge in [0.05, 0.1) is 11.3 Å². The Labute approximate surface area is 126 Å². The van der Waals surface area contributed by atoms with Gasteiger partial charge in [-0.05, 0) is 54.8 Å². The molecular weight excluding hydrogens is 288 g/mol. The molecule has 2 rings (SSSR count). The number of nitrogens with one attached hydrogen (secondary N) is 1. The molecule has 21 heavy (non-hydrogen) atoms. The lowest BCUT2D eigenvalue weighted by atomic mass is 10.1. The van der Waals surface area contributed by atoms with Crippen molar-refractivity contribution < 1.29 is 14.7 Å². The molecule has 0 aliphatic carbocycles. The Morgan fingerprint density at radius 2 is 2.14 bits per heavy atom. The van der Waals surface area contributed by atoms with Crippen LogP contribution in [0.25, 0.3) is 0 Å². The highest BCUT2D eigenvalue weighted by Gasteiger charge is 2.15. The zero-order valence-corrected chi connectivity index (χ0v) is 12.6. The van der Waals surface area contributed by atoms with E-state index in [9.17, 15) is 9.59 Å². The van der Waals surface area contributed by atoms with Gasteiger partial charge < -0.3 is 10.4 Å². The third kappa shape index (κ3) is 3.88. The summed E-state index contributed by atoms with van der Waals surface area (Å²) in [5.41, 5.74) is 1.85. The first-order valence-corrected chi connectivity index (χ1v) is 7.44. The minimum absolute atomic E-state index is 0.0200. The fourth-order valence-corrected chi connectivity index (χ4v) is 2.71. The maximum Gasteiger partial charge on any atom is 0.337 e. The molecule has 2 aromatic rings. The van der Waals surface area contributed by atoms with Crippen LogP contribution in [0.5, 0.6) is 0 Å². The van der Waals surface area contributed by atoms with E-state index in [4.69, 9.17) is 5.11 Å². The highest BCUT2D eigenvalue weighted by atomic mass is 32.1. The van der Waals surface area contributed by atoms with Gasteiger partial charge in [0.15, 0.2) is 0 Å². The van der Waals surface area contributed by atoms with Crippen molar-refractivity contribution in [1.82, 2.24) is 10.3 Å². The van der Waals surface area contributed by atoms with E-state index in [-0.39, 0.29) is 23.2 Å². The summed E-state index contributed by atoms with van der Waals surface area (Å²) < 4.78 is 0. The van der Waals surface area contributed by atoms with Crippen molar-refractivity contribution in [3.63, 3.8) is 0 Å². The molecule has 2 N–H and O–H groups in total. The Balaban J connectivity index is 2.03. The molecule has 0 radical (unpaired) electrons. The number of rotatable bonds is 5. The fraction of sp³-hybridized carbons (Fsp3) is 0.267. The van der Waals surface area contributed by atoms with Gasteiger partial charge in [0.2, 0.25) is 0 Å². The van der Waals surface area contributed by atoms with Crippen molar-refractivity contribution in [2.24, 2.45) is 0 Å². The number of aromatic carboxylic acids is 1. The number of hydrogen-bond acceptors (Lipinski definition) is 4. The van der Waals surface area contributed by atoms with E-state index in [1.165, 1.54) is 17.7 Å². The Kier molecular flexibility index (Phi) is 4.70. The van der Waals surface area contributed by atoms with E-state index in [1.807, 2.05) is 23.8 Å². The first-order chi connectivity index (χ1) is 9.97. The van der Waals surface area contributed by atoms with Gasteiger partial charge in [0.1, 0.15) is 5.69 Å². The van der Waals surface area contributed by atoms with Crippen molar-refractivity contribution >= 4 is 23.2 Å². The fourth-order valence-electron chi connectivity index (χ4n) is 2.02. The standard InChI is InChI=1S/C15H16N2O3S/c1-9(7-11-5-6-21-8-11)16-14(18)13-4-3-12(15(19)20)10(2)17-13/h3-6,8-9H,7H2,1-2H3,(H,16,18)(H,19,20). The van der Waals surface area contributed by atoms with E-state index < -0.39 is 5.97 Å². The molecule has 0 bridgehead atoms. The first-order valence-electron chi connectivity index (χ1n) is 6.50. The number of aromatic nitrogens is 1. The van der Waals surface area contributed by atoms with Crippen molar-refractivity contribution in [3.05, 3.63) is 51.5 Å². The van der Waals surface area contributed by atoms with Gasteiger partial charge in [0.25, 0.3) is 5.91 Å². The largest absolute Gasteiger partial charge is 0.478 e. The molecule has 0 saturated carbocycles. The summed E-state index contributed by atoms with van der Waals surface area (Å²) in [6.07, 6.45) is 0.751. The number of carboxylic acids is 1. The molecule has 110 valence electrons. The van der Waals surface area contributed by atoms with Gasteiger partial charge in [-0.2, -0.15) is 11.3 Å². The number of aryl methyl sites for hydroxylation is 1. The molecule has 0 saturated heterocycles. The molecule has 2 aromatic heterocycles. The number of amides is 1. The molecule has 0 fully saturated rings. The molecule has 0 aliphatic rings. The number of nitrogens with zero attached hydrogens (tertiary/aromatic N) is 1. The lowest BCUT2D eigenvalue weighted by Gasteiger charge is -2.13. The number of hydrogen-bond donors (Lipinski definition) is 2. The SMILES string of the molecule is Cc1nc(C(=O)NC(C)Cc2ccsc2)ccc1C(=O)O. The van der Waals surface area contributed by atoms with Gasteiger partial charge in [-0.15, -0.1) is 0 Å². The Hall–Kier alpha value is -2.21. The number of carbonyl (C=O) groups is 2. The average Bonchev–Trinajstić information content (AvgIpc) is 2.90. The Morgan fingerprint density at radius 3 is 2.71 bits per heavy atom. The summed E-state index contributed by atoms with van der Waals surface area (Å²) in [5, 5.41) is 15.9. The quantitative estimate of drug-likeness (QED) is 0.889. The Morgan fingerprint density at radius 1 is 1.38 bits per heavy atom. The van der Waals surface area contributed by atoms with Gasteiger partial charge in [-0.25, -0.2) is 9.78 Å². The second-order valence-electron chi connectivity index (χ2n) is 4.84. The van der Waals surface area contributed by atoms with E-state index in [0.29, 0.717) is 5.69 Å². The number of pyridine rings is 1. The third-order valence-corrected chi connectivity index (χ3v) is 3.78. The monoisotopic (exact) mass is 304 g/mol. The van der Waals surface area contributed by atoms with Crippen molar-refractivity contribution in [1.29, 1.82) is 0 Å². The summed E-state index contributed by atoms with van der Waals surface area (Å²) in [6, 6.07) is 4.84. The van der Waals surface area contributed by atoms with E-state index >= 15 is 0 Å². The summed E-state index contributed by atoms with van der Waals surface area (Å²) in [7, 11) is 0. The second kappa shape index (κ2) is 6.49. The molecule has 1 amide bonds. The van der Waals surface area contributed by atoms with Crippen LogP contribution in [0.3, 0.4) is 0 Å². The van der Waals surface area contributed by atoms with E-state index in [0.717, 1.165) is 6.42 Å². The van der Waals surface area contributed by atoms with Crippen LogP contribution in [-0.2, 0) is 6.42 Å². The number of carbonyl (C=O) groups excluding carboxylic acids is 1. The van der Waals surface area contributed by atoms with Crippen molar-refractivity contribution in [3.8, 4) is 0 Å². The van der Waals surface area contributed by atoms with Crippen LogP contribution in [0, 0.1) is 6.92 Å². The summed E-state index contributed by atoms with van der Waals surface area (Å²) in [4.78, 5) is 27.1. The number of carboxylic acid groups (broad SMARTS) is 1. The summed E-state index contributed by atoms with van der Waals surface area (Å²) in [5.74, 6) is -1.34. The summed E-state index contributed by atoms with van der Waals surface area (Å²) >= 11 is 1.62. The molecule has 0 aliphatic heterocycles. The van der Waals surface area contributed by atoms with Crippen LogP contribution in [-0.4, -0.2) is 28.0 Å². The van der Waals surface area contributed by atoms with Gasteiger partial charge in [-0.1, -0.05) is 0 Å². The molecule has 5 nitrogen and oxygen atoms in total. The van der Waals surface area contributed by atoms with Crippen LogP contribution in [0.15, 0.2) is 29.0 Å². The minimum Gasteiger partial charge on any atom is -0.478 e. The molecule has 6 heteroatoms. The topological polar surface area (TPSA) is 79.3 Å². The highest BCUT2D eigenvalue weighted by molar-refractivity contribution is 7.07. The lowest BCUT2D eigenvalue weighted by Crippen LogP contribution is -2.34. The predicted octanol–water partition coefficient (Wildman–Crippen LogP) is 2.51. The van der Waals surface area contributed by atoms with Crippen LogP contribution in [0.2, 0.25) is 0 Å². The summed E-state index contributed by atoms with van der Waals surface area (Å²) in [6.45, 7) is 3.50. The smallest absolute Gasteiger partial charge is 0.337 e. The maximum absolute atomic E-state index is 12.1. The third-order valence-electron chi connectivity index (χ3n) is 3.05. The molecule has 2 heterocycles. The highest BCUT2D eigenvalue weighted by Crippen LogP contribution is 2.10. The molecule has 0 spiro atoms. The zero-order chi connectivity index (χ0) is 15.4. The second-order valence-corrected chi connectivity index (χ2v) is 5.62. The van der Waals surface area contributed by atoms with Gasteiger partial charge in [0, 0.05) is 6.04 Å². The van der Waals surface area contributed by atoms with Crippen molar-refractivity contribution in [2.45, 2.75) is 26.3 Å². The van der Waals surface area contributed by atoms with Crippen LogP contribution < -0.4 is 5.32 Å². The zero-order valence-electron chi connectivity index (χ0n) is 11.8. The van der Waals surface area contributed by atoms with Crippen LogP contribution in [0.4, 0.5) is 0 Å².